The Kier molecular flexibility index (Phi) is 7.40. The third kappa shape index (κ3) is 4.82. The maximum absolute atomic E-state index is 12.8. The van der Waals surface area contributed by atoms with Gasteiger partial charge in [-0.15, -0.1) is 10.2 Å². The summed E-state index contributed by atoms with van der Waals surface area (Å²) in [5, 5.41) is 32.9. The van der Waals surface area contributed by atoms with Gasteiger partial charge in [0.15, 0.2) is 5.71 Å². The molecule has 2 aromatic carbocycles. The van der Waals surface area contributed by atoms with Crippen molar-refractivity contribution in [2.45, 2.75) is 6.92 Å². The summed E-state index contributed by atoms with van der Waals surface area (Å²) in [7, 11) is -4.61. The molecule has 12 nitrogen and oxygen atoms in total. The maximum atomic E-state index is 12.8. The number of para-hydroxylation sites is 1. The van der Waals surface area contributed by atoms with E-state index in [0.717, 1.165) is 17.1 Å². The van der Waals surface area contributed by atoms with Gasteiger partial charge >= 0.3 is 46.0 Å². The molecule has 168 valence electrons. The molecule has 0 bridgehead atoms. The van der Waals surface area contributed by atoms with Gasteiger partial charge in [0, 0.05) is 17.2 Å². The van der Waals surface area contributed by atoms with E-state index in [9.17, 15) is 28.1 Å². The Labute approximate surface area is 215 Å². The van der Waals surface area contributed by atoms with Gasteiger partial charge in [-0.05, 0) is 41.5 Å². The first-order valence-electron chi connectivity index (χ1n) is 9.24. The van der Waals surface area contributed by atoms with E-state index in [1.807, 2.05) is 0 Å². The molecule has 0 radical (unpaired) electrons. The molecule has 2 aliphatic rings. The van der Waals surface area contributed by atoms with Crippen LogP contribution in [0, 0.1) is 5.21 Å². The number of hydrazone groups is 1. The van der Waals surface area contributed by atoms with Crippen LogP contribution in [0.4, 0.5) is 11.4 Å². The zero-order valence-corrected chi connectivity index (χ0v) is 20.6. The van der Waals surface area contributed by atoms with E-state index >= 15 is 0 Å². The average molecular weight is 492 g/mol. The molecule has 1 amide bonds. The Hall–Kier alpha value is -2.88. The van der Waals surface area contributed by atoms with Gasteiger partial charge < -0.3 is 10.4 Å². The normalized spacial score (nSPS) is 18.0. The zero-order valence-electron chi connectivity index (χ0n) is 17.8. The smallest absolute Gasteiger partial charge is 0.733 e. The van der Waals surface area contributed by atoms with Crippen LogP contribution in [0.15, 0.2) is 69.9 Å². The fourth-order valence-electron chi connectivity index (χ4n) is 3.24. The van der Waals surface area contributed by atoms with Crippen LogP contribution >= 0.6 is 0 Å². The van der Waals surface area contributed by atoms with Crippen molar-refractivity contribution in [3.8, 4) is 0 Å². The molecule has 1 aliphatic carbocycles. The Morgan fingerprint density at radius 1 is 1.03 bits per heavy atom. The number of hydrogen-bond donors (Lipinski definition) is 3. The van der Waals surface area contributed by atoms with Crippen LogP contribution in [0.2, 0.25) is 0 Å². The second-order valence-corrected chi connectivity index (χ2v) is 8.34. The van der Waals surface area contributed by atoms with Crippen molar-refractivity contribution >= 4 is 55.6 Å². The number of nitrogens with zero attached hydrogens (tertiary/aromatic N) is 5. The number of rotatable bonds is 4. The van der Waals surface area contributed by atoms with Gasteiger partial charge in [0.05, 0.1) is 17.1 Å². The minimum atomic E-state index is -4.61. The standard InChI is InChI=1S/C20H15N5O7S.Na/c1-11-18(20(27)24(23-11)12-5-3-2-4-6-12)21-22-19-14-8-7-13(25(28)29)9-15(14)17(10-16(19)26)33(30,31)32;/h2-10,28H,1H3,(H2,30,31,32);/q;+1. The number of anilines is 2. The van der Waals surface area contributed by atoms with Crippen molar-refractivity contribution in [1.82, 2.24) is 0 Å². The summed E-state index contributed by atoms with van der Waals surface area (Å²) in [5.41, 5.74) is -0.235. The molecule has 34 heavy (non-hydrogen) atoms. The summed E-state index contributed by atoms with van der Waals surface area (Å²) in [4.78, 5) is 24.7. The molecule has 2 aromatic rings. The SMILES string of the molecule is CC1=NN(c2ccccc2)C(=O)C1=NN=C1C(=O)C=C([S+](=O)(O)O)c2cc(N([O-])O)ccc21.[Na+]. The minimum Gasteiger partial charge on any atom is -0.733 e. The Bertz CT molecular complexity index is 1350. The van der Waals surface area contributed by atoms with Gasteiger partial charge in [0.1, 0.15) is 5.71 Å². The Balaban J connectivity index is 0.00000324. The van der Waals surface area contributed by atoms with Gasteiger partial charge in [-0.2, -0.15) is 19.2 Å². The quantitative estimate of drug-likeness (QED) is 0.285. The van der Waals surface area contributed by atoms with Crippen molar-refractivity contribution in [3.63, 3.8) is 0 Å². The monoisotopic (exact) mass is 492 g/mol. The number of carbonyl (C=O) groups is 2. The van der Waals surface area contributed by atoms with Gasteiger partial charge in [-0.25, -0.2) is 0 Å². The number of fused-ring (bicyclic) bond motifs is 1. The molecule has 0 fully saturated rings. The molecule has 0 atom stereocenters. The first-order valence-corrected chi connectivity index (χ1v) is 10.7. The molecule has 0 saturated heterocycles. The predicted molar refractivity (Wildman–Crippen MR) is 121 cm³/mol. The molecule has 0 spiro atoms. The summed E-state index contributed by atoms with van der Waals surface area (Å²) in [6, 6.07) is 11.9. The molecule has 14 heteroatoms. The number of amides is 1. The second-order valence-electron chi connectivity index (χ2n) is 6.91. The molecule has 4 rings (SSSR count). The van der Waals surface area contributed by atoms with Crippen molar-refractivity contribution in [3.05, 3.63) is 70.9 Å². The van der Waals surface area contributed by atoms with Gasteiger partial charge in [-0.3, -0.25) is 14.8 Å². The van der Waals surface area contributed by atoms with Crippen LogP contribution in [0.5, 0.6) is 0 Å². The third-order valence-electron chi connectivity index (χ3n) is 4.77. The summed E-state index contributed by atoms with van der Waals surface area (Å²) >= 11 is 0. The average Bonchev–Trinajstić information content (AvgIpc) is 3.05. The van der Waals surface area contributed by atoms with E-state index < -0.39 is 32.3 Å². The van der Waals surface area contributed by atoms with Gasteiger partial charge in [0.2, 0.25) is 10.7 Å². The van der Waals surface area contributed by atoms with Crippen LogP contribution in [0.1, 0.15) is 18.1 Å². The van der Waals surface area contributed by atoms with Crippen LogP contribution in [-0.4, -0.2) is 43.1 Å². The van der Waals surface area contributed by atoms with E-state index in [1.54, 1.807) is 30.3 Å². The van der Waals surface area contributed by atoms with Gasteiger partial charge in [0.25, 0.3) is 0 Å². The number of ketones is 1. The molecular formula is C20H15N5NaO7S+. The molecular weight excluding hydrogens is 477 g/mol. The molecule has 1 aliphatic heterocycles. The van der Waals surface area contributed by atoms with E-state index in [0.29, 0.717) is 11.8 Å². The molecule has 0 unspecified atom stereocenters. The Morgan fingerprint density at radius 3 is 2.29 bits per heavy atom. The summed E-state index contributed by atoms with van der Waals surface area (Å²) in [6.07, 6.45) is 0.674. The van der Waals surface area contributed by atoms with E-state index in [1.165, 1.54) is 13.0 Å². The number of benzene rings is 2. The fraction of sp³-hybridized carbons (Fsp3) is 0.0500. The first-order chi connectivity index (χ1) is 15.6. The van der Waals surface area contributed by atoms with Crippen molar-refractivity contribution < 1.29 is 57.7 Å². The summed E-state index contributed by atoms with van der Waals surface area (Å²) in [6.45, 7) is 1.54. The number of allylic oxidation sites excluding steroid dienone is 1. The van der Waals surface area contributed by atoms with E-state index in [4.69, 9.17) is 5.21 Å². The zero-order chi connectivity index (χ0) is 23.9. The van der Waals surface area contributed by atoms with Crippen LogP contribution in [0.3, 0.4) is 0 Å². The molecule has 1 heterocycles. The summed E-state index contributed by atoms with van der Waals surface area (Å²) in [5.74, 6) is -1.44. The van der Waals surface area contributed by atoms with Crippen LogP contribution in [-0.2, 0) is 24.3 Å². The van der Waals surface area contributed by atoms with Crippen LogP contribution in [0.25, 0.3) is 4.91 Å². The fourth-order valence-corrected chi connectivity index (χ4v) is 3.96. The Morgan fingerprint density at radius 2 is 1.68 bits per heavy atom. The molecule has 0 saturated carbocycles. The van der Waals surface area contributed by atoms with E-state index in [-0.39, 0.29) is 63.5 Å². The molecule has 0 aromatic heterocycles. The first kappa shape index (κ1) is 25.7. The minimum absolute atomic E-state index is 0. The van der Waals surface area contributed by atoms with Crippen LogP contribution < -0.4 is 39.8 Å². The van der Waals surface area contributed by atoms with Crippen molar-refractivity contribution in [2.75, 3.05) is 10.2 Å². The number of hydrogen-bond acceptors (Lipinski definition) is 9. The third-order valence-corrected chi connectivity index (χ3v) is 5.68. The van der Waals surface area contributed by atoms with Crippen molar-refractivity contribution in [1.29, 1.82) is 0 Å². The van der Waals surface area contributed by atoms with E-state index in [2.05, 4.69) is 15.3 Å². The topological polar surface area (TPSA) is 179 Å². The number of carbonyl (C=O) groups excluding carboxylic acids is 2. The predicted octanol–water partition coefficient (Wildman–Crippen LogP) is -0.679. The van der Waals surface area contributed by atoms with Crippen molar-refractivity contribution in [2.24, 2.45) is 15.3 Å². The van der Waals surface area contributed by atoms with Gasteiger partial charge in [-0.1, -0.05) is 18.2 Å². The summed E-state index contributed by atoms with van der Waals surface area (Å²) < 4.78 is 31.1. The second kappa shape index (κ2) is 9.77. The largest absolute Gasteiger partial charge is 1.00 e. The molecule has 3 N–H and O–H groups in total. The maximum Gasteiger partial charge on any atom is 1.00 e.